The maximum atomic E-state index is 11.2. The molecule has 29 heavy (non-hydrogen) atoms. The largest absolute Gasteiger partial charge is 0.402 e. The molecular weight excluding hydrogens is 384 g/mol. The monoisotopic (exact) mass is 416 g/mol. The van der Waals surface area contributed by atoms with E-state index in [-0.39, 0.29) is 18.3 Å². The van der Waals surface area contributed by atoms with Crippen LogP contribution in [0.15, 0.2) is 60.7 Å². The summed E-state index contributed by atoms with van der Waals surface area (Å²) in [5.41, 5.74) is 0. The number of aliphatic hydroxyl groups excluding tert-OH is 1. The van der Waals surface area contributed by atoms with E-state index < -0.39 is 26.0 Å². The standard InChI is InChI=1S/C23H32O5Si/c1-21(2,3)29(18-12-8-6-9-13-18,19-14-10-7-11-15-19)26-17-23(25)20(16-24)27-22(4,5)28-23/h6-15,20,24-25H,16-17H2,1-5H3/t20-,23-/m1/s1. The van der Waals surface area contributed by atoms with E-state index >= 15 is 0 Å². The van der Waals surface area contributed by atoms with Crippen molar-refractivity contribution in [3.05, 3.63) is 60.7 Å². The zero-order chi connectivity index (χ0) is 21.3. The summed E-state index contributed by atoms with van der Waals surface area (Å²) >= 11 is 0. The van der Waals surface area contributed by atoms with Gasteiger partial charge >= 0.3 is 0 Å². The summed E-state index contributed by atoms with van der Waals surface area (Å²) in [5.74, 6) is -2.73. The molecule has 1 heterocycles. The second-order valence-corrected chi connectivity index (χ2v) is 13.4. The number of rotatable bonds is 6. The average molecular weight is 417 g/mol. The summed E-state index contributed by atoms with van der Waals surface area (Å²) in [6, 6.07) is 20.4. The molecule has 2 atom stereocenters. The maximum absolute atomic E-state index is 11.2. The van der Waals surface area contributed by atoms with Gasteiger partial charge in [-0.2, -0.15) is 0 Å². The Morgan fingerprint density at radius 2 is 1.45 bits per heavy atom. The minimum absolute atomic E-state index is 0.102. The molecule has 2 aromatic carbocycles. The van der Waals surface area contributed by atoms with Crippen molar-refractivity contribution >= 4 is 18.7 Å². The summed E-state index contributed by atoms with van der Waals surface area (Å²) in [4.78, 5) is 0. The lowest BCUT2D eigenvalue weighted by atomic mass is 10.2. The highest BCUT2D eigenvalue weighted by Crippen LogP contribution is 2.40. The Balaban J connectivity index is 2.07. The van der Waals surface area contributed by atoms with Crippen molar-refractivity contribution in [3.63, 3.8) is 0 Å². The molecular formula is C23H32O5Si. The summed E-state index contributed by atoms with van der Waals surface area (Å²) in [7, 11) is -2.83. The predicted octanol–water partition coefficient (Wildman–Crippen LogP) is 2.40. The highest BCUT2D eigenvalue weighted by Gasteiger charge is 2.56. The Labute approximate surface area is 174 Å². The van der Waals surface area contributed by atoms with Gasteiger partial charge in [-0.25, -0.2) is 0 Å². The van der Waals surface area contributed by atoms with E-state index in [0.717, 1.165) is 10.4 Å². The van der Waals surface area contributed by atoms with Gasteiger partial charge in [-0.1, -0.05) is 81.4 Å². The molecule has 0 aromatic heterocycles. The van der Waals surface area contributed by atoms with Gasteiger partial charge in [-0.05, 0) is 29.3 Å². The quantitative estimate of drug-likeness (QED) is 0.708. The highest BCUT2D eigenvalue weighted by molar-refractivity contribution is 6.99. The van der Waals surface area contributed by atoms with E-state index in [9.17, 15) is 10.2 Å². The highest BCUT2D eigenvalue weighted by atomic mass is 28.4. The van der Waals surface area contributed by atoms with Crippen LogP contribution in [0.4, 0.5) is 0 Å². The van der Waals surface area contributed by atoms with Crippen LogP contribution in [0.5, 0.6) is 0 Å². The fourth-order valence-corrected chi connectivity index (χ4v) is 8.80. The second kappa shape index (κ2) is 7.94. The Hall–Kier alpha value is -1.54. The van der Waals surface area contributed by atoms with Gasteiger partial charge in [0.25, 0.3) is 8.32 Å². The molecule has 1 aliphatic rings. The molecule has 0 amide bonds. The topological polar surface area (TPSA) is 68.2 Å². The Morgan fingerprint density at radius 3 is 1.86 bits per heavy atom. The molecule has 1 aliphatic heterocycles. The van der Waals surface area contributed by atoms with E-state index in [4.69, 9.17) is 13.9 Å². The molecule has 0 spiro atoms. The molecule has 1 fully saturated rings. The van der Waals surface area contributed by atoms with Crippen molar-refractivity contribution in [1.29, 1.82) is 0 Å². The average Bonchev–Trinajstić information content (AvgIpc) is 2.91. The lowest BCUT2D eigenvalue weighted by molar-refractivity contribution is -0.244. The van der Waals surface area contributed by atoms with Crippen LogP contribution in [-0.2, 0) is 13.9 Å². The zero-order valence-electron chi connectivity index (χ0n) is 17.9. The van der Waals surface area contributed by atoms with Crippen LogP contribution >= 0.6 is 0 Å². The van der Waals surface area contributed by atoms with Gasteiger partial charge in [-0.3, -0.25) is 0 Å². The van der Waals surface area contributed by atoms with Gasteiger partial charge in [-0.15, -0.1) is 0 Å². The van der Waals surface area contributed by atoms with Crippen molar-refractivity contribution < 1.29 is 24.1 Å². The van der Waals surface area contributed by atoms with E-state index in [2.05, 4.69) is 45.0 Å². The minimum Gasteiger partial charge on any atom is -0.402 e. The first-order valence-electron chi connectivity index (χ1n) is 10.0. The van der Waals surface area contributed by atoms with Crippen LogP contribution < -0.4 is 10.4 Å². The molecule has 2 N–H and O–H groups in total. The van der Waals surface area contributed by atoms with Gasteiger partial charge in [0.2, 0.25) is 5.79 Å². The molecule has 3 rings (SSSR count). The van der Waals surface area contributed by atoms with Gasteiger partial charge in [0.05, 0.1) is 13.2 Å². The normalized spacial score (nSPS) is 24.6. The molecule has 1 saturated heterocycles. The SMILES string of the molecule is CC1(C)O[C@H](CO)[C@@](O)(CO[Si](c2ccccc2)(c2ccccc2)C(C)(C)C)O1. The van der Waals surface area contributed by atoms with E-state index in [0.29, 0.717) is 0 Å². The van der Waals surface area contributed by atoms with Crippen LogP contribution in [0.1, 0.15) is 34.6 Å². The van der Waals surface area contributed by atoms with Gasteiger partial charge in [0.15, 0.2) is 5.79 Å². The van der Waals surface area contributed by atoms with Crippen LogP contribution in [0.3, 0.4) is 0 Å². The van der Waals surface area contributed by atoms with Crippen LogP contribution in [0.25, 0.3) is 0 Å². The van der Waals surface area contributed by atoms with E-state index in [1.54, 1.807) is 13.8 Å². The number of hydrogen-bond donors (Lipinski definition) is 2. The minimum atomic E-state index is -2.83. The fourth-order valence-electron chi connectivity index (χ4n) is 4.23. The molecule has 2 aromatic rings. The van der Waals surface area contributed by atoms with Gasteiger partial charge < -0.3 is 24.1 Å². The Bertz CT molecular complexity index is 764. The lowest BCUT2D eigenvalue weighted by Gasteiger charge is -2.44. The van der Waals surface area contributed by atoms with E-state index in [1.165, 1.54) is 0 Å². The molecule has 0 aliphatic carbocycles. The van der Waals surface area contributed by atoms with Crippen molar-refractivity contribution in [1.82, 2.24) is 0 Å². The summed E-state index contributed by atoms with van der Waals surface area (Å²) in [6.07, 6.45) is -0.879. The molecule has 5 nitrogen and oxygen atoms in total. The molecule has 0 bridgehead atoms. The van der Waals surface area contributed by atoms with Crippen LogP contribution in [0.2, 0.25) is 5.04 Å². The van der Waals surface area contributed by atoms with Crippen molar-refractivity contribution in [2.45, 2.75) is 57.3 Å². The summed E-state index contributed by atoms with van der Waals surface area (Å²) in [6.45, 7) is 9.49. The fraction of sp³-hybridized carbons (Fsp3) is 0.478. The number of hydrogen-bond acceptors (Lipinski definition) is 5. The predicted molar refractivity (Wildman–Crippen MR) is 116 cm³/mol. The first kappa shape index (κ1) is 22.1. The molecule has 0 saturated carbocycles. The summed E-state index contributed by atoms with van der Waals surface area (Å²) in [5, 5.41) is 22.9. The maximum Gasteiger partial charge on any atom is 0.261 e. The number of ether oxygens (including phenoxy) is 2. The molecule has 158 valence electrons. The van der Waals surface area contributed by atoms with Crippen molar-refractivity contribution in [3.8, 4) is 0 Å². The van der Waals surface area contributed by atoms with Crippen LogP contribution in [0, 0.1) is 0 Å². The molecule has 0 radical (unpaired) electrons. The summed E-state index contributed by atoms with van der Waals surface area (Å²) < 4.78 is 18.2. The Kier molecular flexibility index (Phi) is 6.07. The second-order valence-electron chi connectivity index (χ2n) is 9.09. The van der Waals surface area contributed by atoms with Crippen molar-refractivity contribution in [2.75, 3.05) is 13.2 Å². The Morgan fingerprint density at radius 1 is 0.966 bits per heavy atom. The van der Waals surface area contributed by atoms with Gasteiger partial charge in [0.1, 0.15) is 6.10 Å². The third-order valence-corrected chi connectivity index (χ3v) is 10.4. The lowest BCUT2D eigenvalue weighted by Crippen LogP contribution is -2.68. The first-order valence-corrected chi connectivity index (χ1v) is 11.9. The molecule has 0 unspecified atom stereocenters. The van der Waals surface area contributed by atoms with Crippen LogP contribution in [-0.4, -0.2) is 49.4 Å². The third kappa shape index (κ3) is 4.19. The van der Waals surface area contributed by atoms with Crippen molar-refractivity contribution in [2.24, 2.45) is 0 Å². The smallest absolute Gasteiger partial charge is 0.261 e. The zero-order valence-corrected chi connectivity index (χ0v) is 18.9. The van der Waals surface area contributed by atoms with E-state index in [1.807, 2.05) is 36.4 Å². The third-order valence-electron chi connectivity index (χ3n) is 5.43. The van der Waals surface area contributed by atoms with Gasteiger partial charge in [0, 0.05) is 0 Å². The molecule has 6 heteroatoms. The first-order chi connectivity index (χ1) is 13.5. The number of benzene rings is 2. The number of aliphatic hydroxyl groups is 2.